The average Bonchev–Trinajstić information content (AvgIpc) is 2.82. The van der Waals surface area contributed by atoms with Crippen LogP contribution in [0.2, 0.25) is 0 Å². The van der Waals surface area contributed by atoms with Crippen molar-refractivity contribution in [1.82, 2.24) is 10.2 Å². The molecule has 1 aliphatic heterocycles. The number of nitrogens with zero attached hydrogens (tertiary/aromatic N) is 2. The van der Waals surface area contributed by atoms with E-state index in [4.69, 9.17) is 9.47 Å². The van der Waals surface area contributed by atoms with E-state index in [1.54, 1.807) is 30.3 Å². The van der Waals surface area contributed by atoms with Crippen LogP contribution in [0, 0.1) is 0 Å². The maximum Gasteiger partial charge on any atom is 0.261 e. The summed E-state index contributed by atoms with van der Waals surface area (Å²) in [6.07, 6.45) is 0.826. The average molecular weight is 477 g/mol. The molecule has 10 heteroatoms. The molecule has 0 unspecified atom stereocenters. The normalized spacial score (nSPS) is 14.5. The lowest BCUT2D eigenvalue weighted by Gasteiger charge is -2.26. The van der Waals surface area contributed by atoms with Crippen LogP contribution in [-0.2, 0) is 14.8 Å². The second-order valence-corrected chi connectivity index (χ2v) is 9.65. The van der Waals surface area contributed by atoms with Crippen molar-refractivity contribution in [2.24, 2.45) is 0 Å². The Morgan fingerprint density at radius 1 is 1.12 bits per heavy atom. The molecule has 0 spiro atoms. The molecule has 0 aromatic heterocycles. The van der Waals surface area contributed by atoms with Crippen LogP contribution in [0.25, 0.3) is 0 Å². The van der Waals surface area contributed by atoms with Gasteiger partial charge in [0, 0.05) is 45.1 Å². The van der Waals surface area contributed by atoms with Gasteiger partial charge < -0.3 is 19.7 Å². The van der Waals surface area contributed by atoms with E-state index >= 15 is 0 Å². The Hall–Kier alpha value is -2.82. The second kappa shape index (κ2) is 11.4. The molecule has 9 nitrogen and oxygen atoms in total. The summed E-state index contributed by atoms with van der Waals surface area (Å²) in [6.45, 7) is 4.75. The molecule has 180 valence electrons. The van der Waals surface area contributed by atoms with E-state index in [2.05, 4.69) is 14.9 Å². The van der Waals surface area contributed by atoms with Crippen LogP contribution in [0.3, 0.4) is 0 Å². The third-order valence-corrected chi connectivity index (χ3v) is 6.78. The van der Waals surface area contributed by atoms with Gasteiger partial charge in [0.05, 0.1) is 30.8 Å². The zero-order valence-electron chi connectivity index (χ0n) is 19.3. The monoisotopic (exact) mass is 476 g/mol. The highest BCUT2D eigenvalue weighted by atomic mass is 32.2. The second-order valence-electron chi connectivity index (χ2n) is 7.97. The van der Waals surface area contributed by atoms with Gasteiger partial charge in [-0.2, -0.15) is 0 Å². The number of amides is 1. The molecular formula is C23H32N4O5S. The Labute approximate surface area is 195 Å². The Kier molecular flexibility index (Phi) is 8.54. The molecule has 2 aromatic rings. The van der Waals surface area contributed by atoms with Gasteiger partial charge in [0.25, 0.3) is 15.9 Å². The van der Waals surface area contributed by atoms with Gasteiger partial charge in [-0.3, -0.25) is 14.4 Å². The molecule has 1 heterocycles. The molecule has 3 rings (SSSR count). The molecule has 0 bridgehead atoms. The summed E-state index contributed by atoms with van der Waals surface area (Å²) in [5.74, 6) is 0.322. The molecule has 0 aliphatic carbocycles. The molecule has 0 atom stereocenters. The Balaban J connectivity index is 1.68. The SMILES string of the molecule is COc1ccc(S(=O)(=O)Nc2ccc(N(C)C)c(C(=O)NCCCN3CCOCC3)c2)cc1. The Morgan fingerprint density at radius 3 is 2.45 bits per heavy atom. The number of hydrogen-bond acceptors (Lipinski definition) is 7. The maximum atomic E-state index is 12.9. The van der Waals surface area contributed by atoms with E-state index in [1.165, 1.54) is 19.2 Å². The number of anilines is 2. The fourth-order valence-electron chi connectivity index (χ4n) is 3.56. The number of hydrogen-bond donors (Lipinski definition) is 2. The van der Waals surface area contributed by atoms with Crippen molar-refractivity contribution >= 4 is 27.3 Å². The first-order valence-corrected chi connectivity index (χ1v) is 12.3. The molecule has 1 fully saturated rings. The number of sulfonamides is 1. The first-order chi connectivity index (χ1) is 15.8. The number of rotatable bonds is 10. The summed E-state index contributed by atoms with van der Waals surface area (Å²) < 4.78 is 38.6. The summed E-state index contributed by atoms with van der Waals surface area (Å²) in [7, 11) is 1.38. The van der Waals surface area contributed by atoms with Gasteiger partial charge in [-0.15, -0.1) is 0 Å². The predicted molar refractivity (Wildman–Crippen MR) is 129 cm³/mol. The van der Waals surface area contributed by atoms with Crippen LogP contribution < -0.4 is 19.7 Å². The fraction of sp³-hybridized carbons (Fsp3) is 0.435. The van der Waals surface area contributed by atoms with Crippen molar-refractivity contribution < 1.29 is 22.7 Å². The van der Waals surface area contributed by atoms with Crippen molar-refractivity contribution in [3.63, 3.8) is 0 Å². The Bertz CT molecular complexity index is 1040. The van der Waals surface area contributed by atoms with Crippen LogP contribution in [-0.4, -0.2) is 79.8 Å². The van der Waals surface area contributed by atoms with Crippen molar-refractivity contribution in [1.29, 1.82) is 0 Å². The van der Waals surface area contributed by atoms with Gasteiger partial charge >= 0.3 is 0 Å². The van der Waals surface area contributed by atoms with Crippen LogP contribution in [0.1, 0.15) is 16.8 Å². The number of carbonyl (C=O) groups is 1. The molecule has 1 saturated heterocycles. The number of ether oxygens (including phenoxy) is 2. The standard InChI is InChI=1S/C23H32N4O5S/c1-26(2)22-10-5-18(25-33(29,30)20-8-6-19(31-3)7-9-20)17-21(22)23(28)24-11-4-12-27-13-15-32-16-14-27/h5-10,17,25H,4,11-16H2,1-3H3,(H,24,28). The van der Waals surface area contributed by atoms with Crippen LogP contribution >= 0.6 is 0 Å². The first-order valence-electron chi connectivity index (χ1n) is 10.9. The minimum Gasteiger partial charge on any atom is -0.497 e. The Morgan fingerprint density at radius 2 is 1.82 bits per heavy atom. The summed E-state index contributed by atoms with van der Waals surface area (Å²) in [5.41, 5.74) is 1.42. The third kappa shape index (κ3) is 6.83. The van der Waals surface area contributed by atoms with Crippen LogP contribution in [0.5, 0.6) is 5.75 Å². The largest absolute Gasteiger partial charge is 0.497 e. The van der Waals surface area contributed by atoms with E-state index in [9.17, 15) is 13.2 Å². The lowest BCUT2D eigenvalue weighted by atomic mass is 10.1. The molecular weight excluding hydrogens is 444 g/mol. The van der Waals surface area contributed by atoms with E-state index in [0.717, 1.165) is 39.3 Å². The van der Waals surface area contributed by atoms with Gasteiger partial charge in [-0.25, -0.2) is 8.42 Å². The number of methoxy groups -OCH3 is 1. The van der Waals surface area contributed by atoms with E-state index in [0.29, 0.717) is 29.2 Å². The third-order valence-electron chi connectivity index (χ3n) is 5.39. The fourth-order valence-corrected chi connectivity index (χ4v) is 4.61. The van der Waals surface area contributed by atoms with Gasteiger partial charge in [0.15, 0.2) is 0 Å². The van der Waals surface area contributed by atoms with E-state index < -0.39 is 10.0 Å². The van der Waals surface area contributed by atoms with Gasteiger partial charge in [0.2, 0.25) is 0 Å². The zero-order valence-corrected chi connectivity index (χ0v) is 20.2. The summed E-state index contributed by atoms with van der Waals surface area (Å²) in [6, 6.07) is 11.0. The van der Waals surface area contributed by atoms with Crippen molar-refractivity contribution in [2.75, 3.05) is 70.2 Å². The highest BCUT2D eigenvalue weighted by Gasteiger charge is 2.18. The minimum atomic E-state index is -3.81. The topological polar surface area (TPSA) is 100 Å². The highest BCUT2D eigenvalue weighted by Crippen LogP contribution is 2.25. The predicted octanol–water partition coefficient (Wildman–Crippen LogP) is 2.01. The maximum absolute atomic E-state index is 12.9. The molecule has 33 heavy (non-hydrogen) atoms. The van der Waals surface area contributed by atoms with Gasteiger partial charge in [-0.1, -0.05) is 0 Å². The number of morpholine rings is 1. The van der Waals surface area contributed by atoms with Crippen molar-refractivity contribution in [3.05, 3.63) is 48.0 Å². The molecule has 0 saturated carbocycles. The number of benzene rings is 2. The van der Waals surface area contributed by atoms with E-state index in [1.807, 2.05) is 19.0 Å². The van der Waals surface area contributed by atoms with Gasteiger partial charge in [-0.05, 0) is 55.4 Å². The molecule has 2 aromatic carbocycles. The van der Waals surface area contributed by atoms with Crippen molar-refractivity contribution in [3.8, 4) is 5.75 Å². The smallest absolute Gasteiger partial charge is 0.261 e. The number of carbonyl (C=O) groups excluding carboxylic acids is 1. The van der Waals surface area contributed by atoms with Crippen molar-refractivity contribution in [2.45, 2.75) is 11.3 Å². The van der Waals surface area contributed by atoms with Crippen LogP contribution in [0.4, 0.5) is 11.4 Å². The van der Waals surface area contributed by atoms with E-state index in [-0.39, 0.29) is 10.8 Å². The quantitative estimate of drug-likeness (QED) is 0.506. The molecule has 2 N–H and O–H groups in total. The molecule has 1 aliphatic rings. The highest BCUT2D eigenvalue weighted by molar-refractivity contribution is 7.92. The summed E-state index contributed by atoms with van der Waals surface area (Å²) in [5, 5.41) is 2.95. The number of nitrogens with one attached hydrogen (secondary N) is 2. The zero-order chi connectivity index (χ0) is 23.8. The lowest BCUT2D eigenvalue weighted by molar-refractivity contribution is 0.0374. The van der Waals surface area contributed by atoms with Gasteiger partial charge in [0.1, 0.15) is 5.75 Å². The van der Waals surface area contributed by atoms with Crippen LogP contribution in [0.15, 0.2) is 47.4 Å². The molecule has 0 radical (unpaired) electrons. The summed E-state index contributed by atoms with van der Waals surface area (Å²) >= 11 is 0. The first kappa shape index (κ1) is 24.8. The molecule has 1 amide bonds. The lowest BCUT2D eigenvalue weighted by Crippen LogP contribution is -2.38. The summed E-state index contributed by atoms with van der Waals surface area (Å²) in [4.78, 5) is 17.2. The minimum absolute atomic E-state index is 0.106.